The zero-order valence-electron chi connectivity index (χ0n) is 8.75. The molecule has 2 aromatic rings. The topological polar surface area (TPSA) is 83.2 Å². The van der Waals surface area contributed by atoms with E-state index >= 15 is 0 Å². The Morgan fingerprint density at radius 3 is 2.94 bits per heavy atom. The fraction of sp³-hybridized carbons (Fsp3) is 0.0833. The van der Waals surface area contributed by atoms with Crippen LogP contribution in [0.3, 0.4) is 0 Å². The molecule has 0 saturated heterocycles. The maximum Gasteiger partial charge on any atom is 0.341 e. The number of carboxylic acid groups (broad SMARTS) is 1. The number of rotatable bonds is 3. The number of carboxylic acids is 1. The first-order valence-corrected chi connectivity index (χ1v) is 4.85. The molecule has 0 saturated carbocycles. The summed E-state index contributed by atoms with van der Waals surface area (Å²) in [5.41, 5.74) is 0.886. The Labute approximate surface area is 96.9 Å². The number of hydrogen-bond donors (Lipinski definition) is 1. The maximum absolute atomic E-state index is 10.5. The molecule has 0 radical (unpaired) electrons. The van der Waals surface area contributed by atoms with Gasteiger partial charge in [-0.2, -0.15) is 5.26 Å². The first-order valence-electron chi connectivity index (χ1n) is 4.85. The fourth-order valence-corrected chi connectivity index (χ4v) is 1.49. The van der Waals surface area contributed by atoms with Crippen molar-refractivity contribution < 1.29 is 14.6 Å². The van der Waals surface area contributed by atoms with Gasteiger partial charge < -0.3 is 9.84 Å². The van der Waals surface area contributed by atoms with E-state index in [-0.39, 0.29) is 11.3 Å². The molecule has 0 unspecified atom stereocenters. The number of para-hydroxylation sites is 1. The number of pyridine rings is 1. The van der Waals surface area contributed by atoms with Gasteiger partial charge in [0, 0.05) is 11.6 Å². The van der Waals surface area contributed by atoms with Gasteiger partial charge in [0.1, 0.15) is 17.4 Å². The van der Waals surface area contributed by atoms with Crippen LogP contribution in [0.25, 0.3) is 10.9 Å². The molecule has 17 heavy (non-hydrogen) atoms. The molecule has 0 spiro atoms. The fourth-order valence-electron chi connectivity index (χ4n) is 1.49. The third-order valence-corrected chi connectivity index (χ3v) is 2.19. The van der Waals surface area contributed by atoms with Crippen LogP contribution in [0.2, 0.25) is 0 Å². The van der Waals surface area contributed by atoms with Crippen molar-refractivity contribution in [2.75, 3.05) is 6.61 Å². The van der Waals surface area contributed by atoms with Crippen LogP contribution >= 0.6 is 0 Å². The van der Waals surface area contributed by atoms with Crippen molar-refractivity contribution in [1.29, 1.82) is 5.26 Å². The largest absolute Gasteiger partial charge is 0.480 e. The molecular formula is C12H8N2O3. The molecule has 1 N–H and O–H groups in total. The summed E-state index contributed by atoms with van der Waals surface area (Å²) in [6.07, 6.45) is 1.37. The maximum atomic E-state index is 10.5. The molecule has 0 aliphatic rings. The summed E-state index contributed by atoms with van der Waals surface area (Å²) in [7, 11) is 0. The van der Waals surface area contributed by atoms with Gasteiger partial charge in [-0.1, -0.05) is 12.1 Å². The van der Waals surface area contributed by atoms with Gasteiger partial charge in [0.15, 0.2) is 6.61 Å². The minimum atomic E-state index is -1.09. The summed E-state index contributed by atoms with van der Waals surface area (Å²) >= 11 is 0. The molecule has 5 nitrogen and oxygen atoms in total. The number of carbonyl (C=O) groups is 1. The van der Waals surface area contributed by atoms with E-state index in [1.54, 1.807) is 18.2 Å². The average Bonchev–Trinajstić information content (AvgIpc) is 2.35. The quantitative estimate of drug-likeness (QED) is 0.862. The Morgan fingerprint density at radius 2 is 2.24 bits per heavy atom. The predicted octanol–water partition coefficient (Wildman–Crippen LogP) is 1.57. The zero-order valence-corrected chi connectivity index (χ0v) is 8.75. The molecule has 0 atom stereocenters. The minimum Gasteiger partial charge on any atom is -0.480 e. The first-order chi connectivity index (χ1) is 8.22. The number of aromatic nitrogens is 1. The van der Waals surface area contributed by atoms with Crippen molar-refractivity contribution in [1.82, 2.24) is 4.98 Å². The van der Waals surface area contributed by atoms with Gasteiger partial charge in [-0.3, -0.25) is 4.98 Å². The number of ether oxygens (including phenoxy) is 1. The van der Waals surface area contributed by atoms with Gasteiger partial charge in [0.05, 0.1) is 5.52 Å². The number of benzene rings is 1. The summed E-state index contributed by atoms with van der Waals surface area (Å²) in [5.74, 6) is -0.824. The number of fused-ring (bicyclic) bond motifs is 1. The highest BCUT2D eigenvalue weighted by atomic mass is 16.5. The standard InChI is InChI=1S/C12H8N2O3/c13-5-8-6-14-10-4-2-1-3-9(10)12(8)17-7-11(15)16/h1-4,6H,7H2,(H,15,16). The predicted molar refractivity (Wildman–Crippen MR) is 59.6 cm³/mol. The highest BCUT2D eigenvalue weighted by Crippen LogP contribution is 2.27. The molecule has 0 aliphatic carbocycles. The van der Waals surface area contributed by atoms with Crippen LogP contribution in [0.15, 0.2) is 30.5 Å². The van der Waals surface area contributed by atoms with E-state index in [0.717, 1.165) is 0 Å². The zero-order chi connectivity index (χ0) is 12.3. The van der Waals surface area contributed by atoms with Crippen molar-refractivity contribution in [3.63, 3.8) is 0 Å². The Kier molecular flexibility index (Phi) is 2.88. The molecule has 0 aliphatic heterocycles. The molecule has 84 valence electrons. The van der Waals surface area contributed by atoms with E-state index in [4.69, 9.17) is 15.1 Å². The van der Waals surface area contributed by atoms with Crippen LogP contribution in [0.5, 0.6) is 5.75 Å². The summed E-state index contributed by atoms with van der Waals surface area (Å²) in [6.45, 7) is -0.483. The number of hydrogen-bond acceptors (Lipinski definition) is 4. The van der Waals surface area contributed by atoms with E-state index in [1.165, 1.54) is 6.20 Å². The second kappa shape index (κ2) is 4.49. The van der Waals surface area contributed by atoms with Crippen molar-refractivity contribution in [3.05, 3.63) is 36.0 Å². The smallest absolute Gasteiger partial charge is 0.341 e. The third kappa shape index (κ3) is 2.16. The normalized spacial score (nSPS) is 9.82. The molecule has 0 amide bonds. The Morgan fingerprint density at radius 1 is 1.47 bits per heavy atom. The van der Waals surface area contributed by atoms with E-state index in [9.17, 15) is 4.79 Å². The van der Waals surface area contributed by atoms with Gasteiger partial charge in [0.2, 0.25) is 0 Å². The Hall–Kier alpha value is -2.61. The van der Waals surface area contributed by atoms with E-state index in [0.29, 0.717) is 10.9 Å². The third-order valence-electron chi connectivity index (χ3n) is 2.19. The Bertz CT molecular complexity index is 617. The molecule has 2 rings (SSSR count). The van der Waals surface area contributed by atoms with Gasteiger partial charge in [-0.05, 0) is 12.1 Å². The molecule has 1 aromatic carbocycles. The summed E-state index contributed by atoms with van der Waals surface area (Å²) in [4.78, 5) is 14.6. The molecule has 1 heterocycles. The molecular weight excluding hydrogens is 220 g/mol. The average molecular weight is 228 g/mol. The van der Waals surface area contributed by atoms with Crippen LogP contribution in [0, 0.1) is 11.3 Å². The second-order valence-corrected chi connectivity index (χ2v) is 3.31. The lowest BCUT2D eigenvalue weighted by atomic mass is 10.1. The lowest BCUT2D eigenvalue weighted by Crippen LogP contribution is -2.10. The van der Waals surface area contributed by atoms with Crippen LogP contribution in [-0.4, -0.2) is 22.7 Å². The second-order valence-electron chi connectivity index (χ2n) is 3.31. The van der Waals surface area contributed by atoms with Crippen molar-refractivity contribution in [2.45, 2.75) is 0 Å². The minimum absolute atomic E-state index is 0.227. The molecule has 0 bridgehead atoms. The SMILES string of the molecule is N#Cc1cnc2ccccc2c1OCC(=O)O. The number of nitriles is 1. The van der Waals surface area contributed by atoms with E-state index in [1.807, 2.05) is 12.1 Å². The molecule has 5 heteroatoms. The van der Waals surface area contributed by atoms with E-state index in [2.05, 4.69) is 4.98 Å². The highest BCUT2D eigenvalue weighted by Gasteiger charge is 2.11. The van der Waals surface area contributed by atoms with Crippen LogP contribution in [0.1, 0.15) is 5.56 Å². The highest BCUT2D eigenvalue weighted by molar-refractivity contribution is 5.87. The van der Waals surface area contributed by atoms with Crippen molar-refractivity contribution >= 4 is 16.9 Å². The van der Waals surface area contributed by atoms with Crippen LogP contribution < -0.4 is 4.74 Å². The first kappa shape index (κ1) is 10.9. The summed E-state index contributed by atoms with van der Waals surface area (Å²) < 4.78 is 5.14. The molecule has 1 aromatic heterocycles. The lowest BCUT2D eigenvalue weighted by Gasteiger charge is -2.08. The molecule has 0 fully saturated rings. The summed E-state index contributed by atoms with van der Waals surface area (Å²) in [5, 5.41) is 18.1. The van der Waals surface area contributed by atoms with Crippen molar-refractivity contribution in [2.24, 2.45) is 0 Å². The monoisotopic (exact) mass is 228 g/mol. The Balaban J connectivity index is 2.55. The van der Waals surface area contributed by atoms with Crippen LogP contribution in [-0.2, 0) is 4.79 Å². The number of aliphatic carboxylic acids is 1. The van der Waals surface area contributed by atoms with Gasteiger partial charge in [-0.25, -0.2) is 4.79 Å². The lowest BCUT2D eigenvalue weighted by molar-refractivity contribution is -0.139. The van der Waals surface area contributed by atoms with Gasteiger partial charge >= 0.3 is 5.97 Å². The van der Waals surface area contributed by atoms with Crippen LogP contribution in [0.4, 0.5) is 0 Å². The number of nitrogens with zero attached hydrogens (tertiary/aromatic N) is 2. The van der Waals surface area contributed by atoms with Gasteiger partial charge in [0.25, 0.3) is 0 Å². The van der Waals surface area contributed by atoms with Crippen molar-refractivity contribution in [3.8, 4) is 11.8 Å². The van der Waals surface area contributed by atoms with E-state index < -0.39 is 12.6 Å². The van der Waals surface area contributed by atoms with Gasteiger partial charge in [-0.15, -0.1) is 0 Å². The summed E-state index contributed by atoms with van der Waals surface area (Å²) in [6, 6.07) is 9.02.